The van der Waals surface area contributed by atoms with Crippen LogP contribution in [0.4, 0.5) is 5.82 Å². The van der Waals surface area contributed by atoms with Crippen molar-refractivity contribution < 1.29 is 4.42 Å². The van der Waals surface area contributed by atoms with E-state index in [-0.39, 0.29) is 6.04 Å². The number of nitrogens with zero attached hydrogens (tertiary/aromatic N) is 2. The third-order valence-corrected chi connectivity index (χ3v) is 3.07. The highest BCUT2D eigenvalue weighted by Crippen LogP contribution is 2.24. The summed E-state index contributed by atoms with van der Waals surface area (Å²) in [4.78, 5) is 8.63. The smallest absolute Gasteiger partial charge is 0.171 e. The van der Waals surface area contributed by atoms with E-state index in [1.165, 1.54) is 0 Å². The molecule has 1 atom stereocenters. The van der Waals surface area contributed by atoms with Gasteiger partial charge in [0.2, 0.25) is 0 Å². The molecule has 0 radical (unpaired) electrons. The molecular weight excluding hydrogens is 250 g/mol. The average molecular weight is 266 g/mol. The molecule has 0 aliphatic carbocycles. The Morgan fingerprint density at radius 3 is 2.44 bits per heavy atom. The minimum Gasteiger partial charge on any atom is -0.464 e. The Morgan fingerprint density at radius 1 is 1.17 bits per heavy atom. The topological polar surface area (TPSA) is 51.0 Å². The van der Waals surface area contributed by atoms with E-state index in [9.17, 15) is 0 Å². The lowest BCUT2D eigenvalue weighted by Gasteiger charge is -2.14. The zero-order valence-corrected chi connectivity index (χ0v) is 11.7. The van der Waals surface area contributed by atoms with Crippen LogP contribution in [0.3, 0.4) is 0 Å². The van der Waals surface area contributed by atoms with Crippen molar-refractivity contribution in [3.8, 4) is 0 Å². The number of aromatic nitrogens is 2. The third kappa shape index (κ3) is 2.64. The van der Waals surface area contributed by atoms with Crippen LogP contribution in [0.5, 0.6) is 0 Å². The molecule has 0 bridgehead atoms. The number of rotatable bonds is 3. The molecule has 0 saturated heterocycles. The van der Waals surface area contributed by atoms with Gasteiger partial charge in [-0.1, -0.05) is 11.6 Å². The lowest BCUT2D eigenvalue weighted by molar-refractivity contribution is 0.466. The fourth-order valence-corrected chi connectivity index (χ4v) is 1.85. The molecule has 2 rings (SSSR count). The van der Waals surface area contributed by atoms with Crippen LogP contribution < -0.4 is 5.32 Å². The number of hydrogen-bond donors (Lipinski definition) is 1. The quantitative estimate of drug-likeness (QED) is 0.917. The van der Waals surface area contributed by atoms with Crippen molar-refractivity contribution >= 4 is 17.4 Å². The molecule has 1 unspecified atom stereocenters. The van der Waals surface area contributed by atoms with E-state index < -0.39 is 0 Å². The molecule has 2 heterocycles. The molecule has 2 aromatic rings. The molecule has 0 aromatic carbocycles. The lowest BCUT2D eigenvalue weighted by Crippen LogP contribution is -2.09. The second kappa shape index (κ2) is 4.98. The number of hydrogen-bond acceptors (Lipinski definition) is 4. The minimum atomic E-state index is -0.00685. The van der Waals surface area contributed by atoms with E-state index in [0.29, 0.717) is 11.0 Å². The van der Waals surface area contributed by atoms with Crippen LogP contribution >= 0.6 is 11.6 Å². The van der Waals surface area contributed by atoms with E-state index >= 15 is 0 Å². The van der Waals surface area contributed by atoms with Crippen molar-refractivity contribution in [3.05, 3.63) is 40.2 Å². The molecule has 0 aliphatic heterocycles. The predicted molar refractivity (Wildman–Crippen MR) is 72.0 cm³/mol. The van der Waals surface area contributed by atoms with Crippen molar-refractivity contribution in [2.75, 3.05) is 5.32 Å². The van der Waals surface area contributed by atoms with E-state index in [1.807, 2.05) is 39.8 Å². The van der Waals surface area contributed by atoms with Gasteiger partial charge in [-0.3, -0.25) is 0 Å². The first-order chi connectivity index (χ1) is 8.47. The fourth-order valence-electron chi connectivity index (χ4n) is 1.63. The van der Waals surface area contributed by atoms with Gasteiger partial charge >= 0.3 is 0 Å². The van der Waals surface area contributed by atoms with Gasteiger partial charge < -0.3 is 9.73 Å². The maximum atomic E-state index is 6.07. The maximum Gasteiger partial charge on any atom is 0.171 e. The summed E-state index contributed by atoms with van der Waals surface area (Å²) in [5.41, 5.74) is 1.71. The summed E-state index contributed by atoms with van der Waals surface area (Å²) in [5.74, 6) is 2.32. The summed E-state index contributed by atoms with van der Waals surface area (Å²) >= 11 is 6.07. The molecule has 0 fully saturated rings. The molecular formula is C13H16ClN3O. The summed E-state index contributed by atoms with van der Waals surface area (Å²) in [6.07, 6.45) is 0. The zero-order chi connectivity index (χ0) is 13.3. The van der Waals surface area contributed by atoms with E-state index in [4.69, 9.17) is 16.0 Å². The largest absolute Gasteiger partial charge is 0.464 e. The van der Waals surface area contributed by atoms with Crippen molar-refractivity contribution in [2.45, 2.75) is 33.7 Å². The van der Waals surface area contributed by atoms with E-state index in [2.05, 4.69) is 15.3 Å². The Kier molecular flexibility index (Phi) is 3.57. The number of halogens is 1. The second-order valence-electron chi connectivity index (χ2n) is 4.35. The van der Waals surface area contributed by atoms with Crippen molar-refractivity contribution in [2.24, 2.45) is 0 Å². The molecule has 2 aromatic heterocycles. The van der Waals surface area contributed by atoms with Crippen molar-refractivity contribution in [1.29, 1.82) is 0 Å². The van der Waals surface area contributed by atoms with Gasteiger partial charge in [0, 0.05) is 0 Å². The van der Waals surface area contributed by atoms with Gasteiger partial charge in [0.15, 0.2) is 11.0 Å². The summed E-state index contributed by atoms with van der Waals surface area (Å²) in [6, 6.07) is 3.86. The van der Waals surface area contributed by atoms with Gasteiger partial charge in [0.25, 0.3) is 0 Å². The van der Waals surface area contributed by atoms with Crippen LogP contribution in [0.2, 0.25) is 5.15 Å². The van der Waals surface area contributed by atoms with Crippen LogP contribution in [0, 0.1) is 20.8 Å². The molecule has 96 valence electrons. The predicted octanol–water partition coefficient (Wildman–Crippen LogP) is 3.82. The first kappa shape index (κ1) is 12.9. The number of nitrogens with one attached hydrogen (secondary N) is 1. The van der Waals surface area contributed by atoms with Gasteiger partial charge in [-0.05, 0) is 39.8 Å². The van der Waals surface area contributed by atoms with Crippen LogP contribution in [0.1, 0.15) is 35.9 Å². The Bertz CT molecular complexity index is 565. The van der Waals surface area contributed by atoms with Crippen molar-refractivity contribution in [3.63, 3.8) is 0 Å². The standard InChI is InChI=1S/C13H16ClN3O/c1-7-5-6-11(18-7)10(4)17-13-12(14)15-8(2)9(3)16-13/h5-6,10H,1-4H3,(H,16,17). The number of anilines is 1. The monoisotopic (exact) mass is 265 g/mol. The van der Waals surface area contributed by atoms with Crippen LogP contribution in [-0.2, 0) is 0 Å². The van der Waals surface area contributed by atoms with Crippen LogP contribution in [-0.4, -0.2) is 9.97 Å². The van der Waals surface area contributed by atoms with Gasteiger partial charge in [-0.25, -0.2) is 9.97 Å². The van der Waals surface area contributed by atoms with Crippen LogP contribution in [0.25, 0.3) is 0 Å². The van der Waals surface area contributed by atoms with Gasteiger partial charge in [-0.2, -0.15) is 0 Å². The first-order valence-electron chi connectivity index (χ1n) is 5.81. The highest BCUT2D eigenvalue weighted by molar-refractivity contribution is 6.31. The SMILES string of the molecule is Cc1ccc(C(C)Nc2nc(C)c(C)nc2Cl)o1. The molecule has 1 N–H and O–H groups in total. The second-order valence-corrected chi connectivity index (χ2v) is 4.71. The molecule has 5 heteroatoms. The Hall–Kier alpha value is -1.55. The van der Waals surface area contributed by atoms with Gasteiger partial charge in [-0.15, -0.1) is 0 Å². The highest BCUT2D eigenvalue weighted by atomic mass is 35.5. The summed E-state index contributed by atoms with van der Waals surface area (Å²) < 4.78 is 5.56. The normalized spacial score (nSPS) is 12.5. The Labute approximate surface area is 111 Å². The third-order valence-electron chi connectivity index (χ3n) is 2.81. The molecule has 0 amide bonds. The summed E-state index contributed by atoms with van der Waals surface area (Å²) in [6.45, 7) is 7.70. The Morgan fingerprint density at radius 2 is 1.83 bits per heavy atom. The van der Waals surface area contributed by atoms with E-state index in [0.717, 1.165) is 22.9 Å². The summed E-state index contributed by atoms with van der Waals surface area (Å²) in [7, 11) is 0. The maximum absolute atomic E-state index is 6.07. The van der Waals surface area contributed by atoms with E-state index in [1.54, 1.807) is 0 Å². The molecule has 4 nitrogen and oxygen atoms in total. The van der Waals surface area contributed by atoms with Crippen LogP contribution in [0.15, 0.2) is 16.5 Å². The minimum absolute atomic E-state index is 0.00685. The Balaban J connectivity index is 2.21. The molecule has 0 spiro atoms. The molecule has 18 heavy (non-hydrogen) atoms. The highest BCUT2D eigenvalue weighted by Gasteiger charge is 2.13. The summed E-state index contributed by atoms with van der Waals surface area (Å²) in [5, 5.41) is 3.59. The van der Waals surface area contributed by atoms with Gasteiger partial charge in [0.1, 0.15) is 11.5 Å². The number of aryl methyl sites for hydroxylation is 3. The average Bonchev–Trinajstić information content (AvgIpc) is 2.73. The lowest BCUT2D eigenvalue weighted by atomic mass is 10.2. The first-order valence-corrected chi connectivity index (χ1v) is 6.19. The van der Waals surface area contributed by atoms with Crippen molar-refractivity contribution in [1.82, 2.24) is 9.97 Å². The molecule has 0 saturated carbocycles. The molecule has 0 aliphatic rings. The zero-order valence-electron chi connectivity index (χ0n) is 10.9. The number of furan rings is 1. The van der Waals surface area contributed by atoms with Gasteiger partial charge in [0.05, 0.1) is 17.4 Å². The fraction of sp³-hybridized carbons (Fsp3) is 0.385.